The molecule has 0 aliphatic carbocycles. The van der Waals surface area contributed by atoms with Gasteiger partial charge in [-0.3, -0.25) is 9.79 Å². The third-order valence-corrected chi connectivity index (χ3v) is 3.45. The predicted molar refractivity (Wildman–Crippen MR) is 67.4 cm³/mol. The Hall–Kier alpha value is -2.57. The van der Waals surface area contributed by atoms with Crippen LogP contribution < -0.4 is 16.4 Å². The molecule has 0 saturated carbocycles. The molecule has 4 rings (SSSR count). The number of H-pyrrole nitrogens is 2. The van der Waals surface area contributed by atoms with E-state index in [-0.39, 0.29) is 11.5 Å². The molecule has 94 valence electrons. The van der Waals surface area contributed by atoms with Gasteiger partial charge in [-0.1, -0.05) is 0 Å². The van der Waals surface area contributed by atoms with Gasteiger partial charge in [0, 0.05) is 29.9 Å². The Kier molecular flexibility index (Phi) is 2.02. The summed E-state index contributed by atoms with van der Waals surface area (Å²) in [5, 5.41) is 0.394. The van der Waals surface area contributed by atoms with E-state index < -0.39 is 0 Å². The van der Waals surface area contributed by atoms with Crippen LogP contribution in [0.25, 0.3) is 0 Å². The maximum Gasteiger partial charge on any atom is 0.277 e. The number of nitrogens with one attached hydrogen (secondary N) is 2. The molecule has 2 aliphatic rings. The largest absolute Gasteiger partial charge is 0.348 e. The van der Waals surface area contributed by atoms with Crippen molar-refractivity contribution in [2.24, 2.45) is 15.0 Å². The molecular weight excluding hydrogens is 244 g/mol. The van der Waals surface area contributed by atoms with Crippen LogP contribution in [0.1, 0.15) is 17.2 Å². The highest BCUT2D eigenvalue weighted by molar-refractivity contribution is 5.68. The summed E-state index contributed by atoms with van der Waals surface area (Å²) in [6.45, 7) is 0.649. The monoisotopic (exact) mass is 254 g/mol. The minimum atomic E-state index is -0.225. The second-order valence-corrected chi connectivity index (χ2v) is 4.61. The fraction of sp³-hybridized carbons (Fsp3) is 0.250. The molecule has 2 aromatic rings. The summed E-state index contributed by atoms with van der Waals surface area (Å²) in [5.41, 5.74) is 3.12. The van der Waals surface area contributed by atoms with E-state index in [1.807, 2.05) is 0 Å². The number of nitrogens with zero attached hydrogens (tertiary/aromatic N) is 4. The average molecular weight is 254 g/mol. The molecule has 0 saturated heterocycles. The van der Waals surface area contributed by atoms with Crippen LogP contribution in [-0.2, 0) is 6.42 Å². The van der Waals surface area contributed by atoms with Crippen molar-refractivity contribution in [1.29, 1.82) is 0 Å². The van der Waals surface area contributed by atoms with E-state index in [1.54, 1.807) is 12.5 Å². The number of rotatable bonds is 2. The van der Waals surface area contributed by atoms with Gasteiger partial charge in [0.2, 0.25) is 0 Å². The van der Waals surface area contributed by atoms with Crippen molar-refractivity contribution < 1.29 is 0 Å². The molecule has 0 fully saturated rings. The van der Waals surface area contributed by atoms with E-state index >= 15 is 0 Å². The van der Waals surface area contributed by atoms with Gasteiger partial charge in [0.25, 0.3) is 5.56 Å². The van der Waals surface area contributed by atoms with Gasteiger partial charge in [-0.15, -0.1) is 0 Å². The number of hydrogen-bond donors (Lipinski definition) is 2. The van der Waals surface area contributed by atoms with Gasteiger partial charge in [-0.25, -0.2) is 15.0 Å². The van der Waals surface area contributed by atoms with Gasteiger partial charge in [-0.05, 0) is 6.42 Å². The van der Waals surface area contributed by atoms with E-state index in [0.29, 0.717) is 23.1 Å². The van der Waals surface area contributed by atoms with Crippen LogP contribution in [0, 0.1) is 0 Å². The second-order valence-electron chi connectivity index (χ2n) is 4.61. The highest BCUT2D eigenvalue weighted by Gasteiger charge is 2.26. The topological polar surface area (TPSA) is 98.6 Å². The van der Waals surface area contributed by atoms with Crippen LogP contribution in [0.5, 0.6) is 0 Å². The first-order chi connectivity index (χ1) is 9.33. The number of aromatic nitrogens is 3. The van der Waals surface area contributed by atoms with Crippen molar-refractivity contribution >= 4 is 12.0 Å². The zero-order valence-corrected chi connectivity index (χ0v) is 9.92. The van der Waals surface area contributed by atoms with Crippen LogP contribution in [0.3, 0.4) is 0 Å². The first-order valence-electron chi connectivity index (χ1n) is 6.01. The normalized spacial score (nSPS) is 18.8. The molecule has 2 aliphatic heterocycles. The molecule has 7 heteroatoms. The molecule has 7 nitrogen and oxygen atoms in total. The van der Waals surface area contributed by atoms with E-state index in [0.717, 1.165) is 17.7 Å². The lowest BCUT2D eigenvalue weighted by atomic mass is 9.96. The lowest BCUT2D eigenvalue weighted by Gasteiger charge is -2.09. The summed E-state index contributed by atoms with van der Waals surface area (Å²) in [6.07, 6.45) is 5.68. The van der Waals surface area contributed by atoms with Gasteiger partial charge < -0.3 is 9.97 Å². The third kappa shape index (κ3) is 1.48. The highest BCUT2D eigenvalue weighted by Crippen LogP contribution is 2.27. The first kappa shape index (κ1) is 10.4. The van der Waals surface area contributed by atoms with Crippen LogP contribution in [0.4, 0.5) is 5.69 Å². The van der Waals surface area contributed by atoms with Gasteiger partial charge in [-0.2, -0.15) is 0 Å². The Labute approximate surface area is 106 Å². The van der Waals surface area contributed by atoms with Crippen molar-refractivity contribution in [2.75, 3.05) is 6.54 Å². The molecule has 19 heavy (non-hydrogen) atoms. The second kappa shape index (κ2) is 3.71. The molecule has 0 amide bonds. The molecule has 0 radical (unpaired) electrons. The maximum atomic E-state index is 11.8. The standard InChI is InChI=1S/C12H10N6O/c19-12-10-9(16-5-17-10)8-6(2-14-11(8)18-12)1-7-3-13-4-15-7/h3-6H,1-2H2,(H,13,15)(H,14,18,19). The quantitative estimate of drug-likeness (QED) is 0.744. The number of imidazole rings is 1. The summed E-state index contributed by atoms with van der Waals surface area (Å²) < 4.78 is 0. The smallest absolute Gasteiger partial charge is 0.277 e. The Bertz CT molecular complexity index is 846. The van der Waals surface area contributed by atoms with Crippen molar-refractivity contribution in [3.8, 4) is 0 Å². The summed E-state index contributed by atoms with van der Waals surface area (Å²) in [4.78, 5) is 34.3. The Morgan fingerprint density at radius 1 is 1.42 bits per heavy atom. The maximum absolute atomic E-state index is 11.8. The van der Waals surface area contributed by atoms with Crippen LogP contribution in [0.15, 0.2) is 32.3 Å². The fourth-order valence-electron chi connectivity index (χ4n) is 2.61. The van der Waals surface area contributed by atoms with E-state index in [1.165, 1.54) is 6.34 Å². The molecule has 4 heterocycles. The molecule has 1 atom stereocenters. The number of pyridine rings is 1. The van der Waals surface area contributed by atoms with E-state index in [2.05, 4.69) is 29.9 Å². The van der Waals surface area contributed by atoms with Crippen LogP contribution in [-0.4, -0.2) is 27.8 Å². The number of aromatic amines is 2. The highest BCUT2D eigenvalue weighted by atomic mass is 16.1. The van der Waals surface area contributed by atoms with Gasteiger partial charge in [0.1, 0.15) is 17.5 Å². The molecule has 2 N–H and O–H groups in total. The Morgan fingerprint density at radius 2 is 2.37 bits per heavy atom. The number of aliphatic imine (C=N–C) groups is 1. The molecule has 1 unspecified atom stereocenters. The summed E-state index contributed by atoms with van der Waals surface area (Å²) in [6, 6.07) is 0. The fourth-order valence-corrected chi connectivity index (χ4v) is 2.61. The Balaban J connectivity index is 1.86. The van der Waals surface area contributed by atoms with Gasteiger partial charge in [0.05, 0.1) is 6.33 Å². The van der Waals surface area contributed by atoms with Crippen molar-refractivity contribution in [2.45, 2.75) is 12.3 Å². The molecule has 0 spiro atoms. The minimum Gasteiger partial charge on any atom is -0.348 e. The van der Waals surface area contributed by atoms with Crippen molar-refractivity contribution in [3.63, 3.8) is 0 Å². The van der Waals surface area contributed by atoms with Crippen LogP contribution in [0.2, 0.25) is 0 Å². The van der Waals surface area contributed by atoms with Crippen LogP contribution >= 0.6 is 0 Å². The molecule has 2 aromatic heterocycles. The lowest BCUT2D eigenvalue weighted by molar-refractivity contribution is 0.713. The lowest BCUT2D eigenvalue weighted by Crippen LogP contribution is -2.35. The first-order valence-corrected chi connectivity index (χ1v) is 6.01. The Morgan fingerprint density at radius 3 is 3.21 bits per heavy atom. The number of fused-ring (bicyclic) bond motifs is 3. The summed E-state index contributed by atoms with van der Waals surface area (Å²) in [5.74, 6) is 0.200. The minimum absolute atomic E-state index is 0.200. The molecular formula is C12H10N6O. The van der Waals surface area contributed by atoms with E-state index in [4.69, 9.17) is 0 Å². The zero-order valence-electron chi connectivity index (χ0n) is 9.92. The van der Waals surface area contributed by atoms with Crippen molar-refractivity contribution in [3.05, 3.63) is 45.0 Å². The molecule has 0 bridgehead atoms. The summed E-state index contributed by atoms with van der Waals surface area (Å²) in [7, 11) is 0. The SMILES string of the molecule is O=c1[nH]c2c(c3c1=NC=N3)C(Cc1cnc[nH]1)CN=2. The average Bonchev–Trinajstić information content (AvgIpc) is 3.09. The predicted octanol–water partition coefficient (Wildman–Crippen LogP) is -0.650. The van der Waals surface area contributed by atoms with Crippen molar-refractivity contribution in [1.82, 2.24) is 15.0 Å². The van der Waals surface area contributed by atoms with E-state index in [9.17, 15) is 4.79 Å². The molecule has 0 aromatic carbocycles. The summed E-state index contributed by atoms with van der Waals surface area (Å²) >= 11 is 0. The van der Waals surface area contributed by atoms with Gasteiger partial charge in [0.15, 0.2) is 5.36 Å². The third-order valence-electron chi connectivity index (χ3n) is 3.45. The number of hydrogen-bond acceptors (Lipinski definition) is 5. The zero-order chi connectivity index (χ0) is 12.8. The van der Waals surface area contributed by atoms with Gasteiger partial charge >= 0.3 is 0 Å².